The standard InChI is InChI=1S/C15H16O2.C4H4O4.C2H4O/c1-15(2,11-3-7-13(16)8-4-11)12-5-9-14(17)10-6-12;5-3(6)1-2-4(7)8;1-2-3-1/h3-10,16-17H,1-2H3;1-2H,(H,5,6)(H,7,8);1-2H2/b;2-1+;. The largest absolute Gasteiger partial charge is 0.508 e. The average molecular weight is 388 g/mol. The van der Waals surface area contributed by atoms with Gasteiger partial charge in [-0.1, -0.05) is 38.1 Å². The van der Waals surface area contributed by atoms with Crippen LogP contribution in [-0.4, -0.2) is 45.6 Å². The van der Waals surface area contributed by atoms with Crippen LogP contribution in [0.1, 0.15) is 25.0 Å². The van der Waals surface area contributed by atoms with Crippen molar-refractivity contribution < 1.29 is 34.8 Å². The summed E-state index contributed by atoms with van der Waals surface area (Å²) >= 11 is 0. The molecule has 1 saturated heterocycles. The van der Waals surface area contributed by atoms with E-state index < -0.39 is 11.9 Å². The van der Waals surface area contributed by atoms with Gasteiger partial charge in [-0.2, -0.15) is 0 Å². The summed E-state index contributed by atoms with van der Waals surface area (Å²) in [7, 11) is 0. The maximum atomic E-state index is 9.55. The van der Waals surface area contributed by atoms with Gasteiger partial charge in [0.2, 0.25) is 0 Å². The van der Waals surface area contributed by atoms with Crippen molar-refractivity contribution in [3.8, 4) is 11.5 Å². The predicted octanol–water partition coefficient (Wildman–Crippen LogP) is 3.15. The predicted molar refractivity (Wildman–Crippen MR) is 104 cm³/mol. The minimum Gasteiger partial charge on any atom is -0.508 e. The van der Waals surface area contributed by atoms with Gasteiger partial charge in [-0.15, -0.1) is 0 Å². The molecule has 4 N–H and O–H groups in total. The molecule has 0 unspecified atom stereocenters. The number of carbonyl (C=O) groups is 2. The van der Waals surface area contributed by atoms with Crippen molar-refractivity contribution in [1.82, 2.24) is 0 Å². The second-order valence-corrected chi connectivity index (χ2v) is 6.34. The fourth-order valence-electron chi connectivity index (χ4n) is 2.07. The summed E-state index contributed by atoms with van der Waals surface area (Å²) in [6.07, 6.45) is 1.12. The molecule has 28 heavy (non-hydrogen) atoms. The summed E-state index contributed by atoms with van der Waals surface area (Å²) in [6.45, 7) is 6.23. The van der Waals surface area contributed by atoms with Crippen LogP contribution in [0.3, 0.4) is 0 Å². The number of rotatable bonds is 4. The van der Waals surface area contributed by atoms with E-state index >= 15 is 0 Å². The first-order valence-electron chi connectivity index (χ1n) is 8.43. The molecule has 7 heteroatoms. The molecule has 0 amide bonds. The SMILES string of the molecule is C1CO1.CC(C)(c1ccc(O)cc1)c1ccc(O)cc1.O=C(O)/C=C/C(=O)O. The lowest BCUT2D eigenvalue weighted by molar-refractivity contribution is -0.134. The number of carboxylic acid groups (broad SMARTS) is 2. The van der Waals surface area contributed by atoms with E-state index in [2.05, 4.69) is 18.6 Å². The monoisotopic (exact) mass is 388 g/mol. The minimum absolute atomic E-state index is 0.151. The van der Waals surface area contributed by atoms with Gasteiger partial charge in [-0.3, -0.25) is 0 Å². The molecular formula is C21H24O7. The molecule has 0 bridgehead atoms. The highest BCUT2D eigenvalue weighted by Crippen LogP contribution is 2.32. The van der Waals surface area contributed by atoms with E-state index in [1.165, 1.54) is 0 Å². The average Bonchev–Trinajstić information content (AvgIpc) is 3.50. The molecule has 1 aliphatic rings. The van der Waals surface area contributed by atoms with Crippen LogP contribution in [0, 0.1) is 0 Å². The van der Waals surface area contributed by atoms with Gasteiger partial charge in [0.25, 0.3) is 0 Å². The van der Waals surface area contributed by atoms with Crippen molar-refractivity contribution >= 4 is 11.9 Å². The number of hydrogen-bond acceptors (Lipinski definition) is 5. The molecule has 2 aromatic rings. The zero-order valence-corrected chi connectivity index (χ0v) is 15.7. The van der Waals surface area contributed by atoms with Crippen molar-refractivity contribution in [3.05, 3.63) is 71.8 Å². The zero-order chi connectivity index (χ0) is 21.2. The third-order valence-electron chi connectivity index (χ3n) is 3.75. The molecule has 1 heterocycles. The summed E-state index contributed by atoms with van der Waals surface area (Å²) in [5, 5.41) is 34.2. The van der Waals surface area contributed by atoms with Gasteiger partial charge in [0, 0.05) is 17.6 Å². The van der Waals surface area contributed by atoms with Crippen molar-refractivity contribution in [2.45, 2.75) is 19.3 Å². The normalized spacial score (nSPS) is 12.2. The third kappa shape index (κ3) is 8.86. The smallest absolute Gasteiger partial charge is 0.328 e. The van der Waals surface area contributed by atoms with Crippen molar-refractivity contribution in [3.63, 3.8) is 0 Å². The lowest BCUT2D eigenvalue weighted by Gasteiger charge is -2.26. The van der Waals surface area contributed by atoms with Gasteiger partial charge in [0.05, 0.1) is 13.2 Å². The van der Waals surface area contributed by atoms with Crippen LogP contribution in [0.25, 0.3) is 0 Å². The Balaban J connectivity index is 0.000000295. The van der Waals surface area contributed by atoms with Gasteiger partial charge >= 0.3 is 11.9 Å². The molecule has 0 atom stereocenters. The molecule has 0 radical (unpaired) electrons. The molecule has 0 saturated carbocycles. The molecule has 0 spiro atoms. The zero-order valence-electron chi connectivity index (χ0n) is 15.7. The van der Waals surface area contributed by atoms with Crippen molar-refractivity contribution in [2.24, 2.45) is 0 Å². The Morgan fingerprint density at radius 2 is 1.07 bits per heavy atom. The second kappa shape index (κ2) is 10.7. The Labute approximate surface area is 163 Å². The summed E-state index contributed by atoms with van der Waals surface area (Å²) in [5.74, 6) is -1.97. The highest BCUT2D eigenvalue weighted by atomic mass is 16.6. The summed E-state index contributed by atoms with van der Waals surface area (Å²) in [6, 6.07) is 14.4. The number of carboxylic acids is 2. The van der Waals surface area contributed by atoms with E-state index in [4.69, 9.17) is 10.2 Å². The van der Waals surface area contributed by atoms with Crippen LogP contribution in [0.5, 0.6) is 11.5 Å². The van der Waals surface area contributed by atoms with Gasteiger partial charge in [0.1, 0.15) is 11.5 Å². The van der Waals surface area contributed by atoms with Gasteiger partial charge in [-0.25, -0.2) is 9.59 Å². The van der Waals surface area contributed by atoms with Crippen LogP contribution >= 0.6 is 0 Å². The molecule has 3 rings (SSSR count). The molecule has 1 aliphatic heterocycles. The quantitative estimate of drug-likeness (QED) is 0.468. The van der Waals surface area contributed by atoms with Crippen LogP contribution < -0.4 is 0 Å². The van der Waals surface area contributed by atoms with Crippen LogP contribution in [0.15, 0.2) is 60.7 Å². The maximum Gasteiger partial charge on any atom is 0.328 e. The highest BCUT2D eigenvalue weighted by Gasteiger charge is 2.22. The Morgan fingerprint density at radius 3 is 1.29 bits per heavy atom. The number of hydrogen-bond donors (Lipinski definition) is 4. The van der Waals surface area contributed by atoms with Crippen molar-refractivity contribution in [2.75, 3.05) is 13.2 Å². The Hall–Kier alpha value is -3.32. The number of ether oxygens (including phenoxy) is 1. The number of aromatic hydroxyl groups is 2. The molecule has 0 aromatic heterocycles. The first-order valence-corrected chi connectivity index (χ1v) is 8.43. The number of phenolic OH excluding ortho intramolecular Hbond substituents is 2. The van der Waals surface area contributed by atoms with E-state index in [0.29, 0.717) is 12.2 Å². The topological polar surface area (TPSA) is 128 Å². The van der Waals surface area contributed by atoms with E-state index in [9.17, 15) is 19.8 Å². The lowest BCUT2D eigenvalue weighted by Crippen LogP contribution is -2.18. The van der Waals surface area contributed by atoms with E-state index in [-0.39, 0.29) is 16.9 Å². The summed E-state index contributed by atoms with van der Waals surface area (Å²) < 4.78 is 4.50. The molecular weight excluding hydrogens is 364 g/mol. The number of aliphatic carboxylic acids is 2. The molecule has 7 nitrogen and oxygen atoms in total. The molecule has 150 valence electrons. The van der Waals surface area contributed by atoms with Gasteiger partial charge < -0.3 is 25.2 Å². The number of phenols is 2. The maximum absolute atomic E-state index is 9.55. The van der Waals surface area contributed by atoms with E-state index in [1.54, 1.807) is 24.3 Å². The van der Waals surface area contributed by atoms with Crippen molar-refractivity contribution in [1.29, 1.82) is 0 Å². The van der Waals surface area contributed by atoms with E-state index in [0.717, 1.165) is 24.3 Å². The molecule has 2 aromatic carbocycles. The van der Waals surface area contributed by atoms with E-state index in [1.807, 2.05) is 24.3 Å². The van der Waals surface area contributed by atoms with Gasteiger partial charge in [0.15, 0.2) is 0 Å². The molecule has 1 fully saturated rings. The van der Waals surface area contributed by atoms with Crippen LogP contribution in [-0.2, 0) is 19.7 Å². The minimum atomic E-state index is -1.26. The van der Waals surface area contributed by atoms with Crippen LogP contribution in [0.4, 0.5) is 0 Å². The van der Waals surface area contributed by atoms with Gasteiger partial charge in [-0.05, 0) is 35.4 Å². The highest BCUT2D eigenvalue weighted by molar-refractivity contribution is 5.89. The number of benzene rings is 2. The fraction of sp³-hybridized carbons (Fsp3) is 0.238. The summed E-state index contributed by atoms with van der Waals surface area (Å²) in [4.78, 5) is 19.1. The Kier molecular flexibility index (Phi) is 8.71. The molecule has 0 aliphatic carbocycles. The first kappa shape index (κ1) is 22.7. The van der Waals surface area contributed by atoms with Crippen LogP contribution in [0.2, 0.25) is 0 Å². The third-order valence-corrected chi connectivity index (χ3v) is 3.75. The fourth-order valence-corrected chi connectivity index (χ4v) is 2.07. The number of epoxide rings is 1. The second-order valence-electron chi connectivity index (χ2n) is 6.34. The first-order chi connectivity index (χ1) is 13.1. The Bertz CT molecular complexity index is 722. The summed E-state index contributed by atoms with van der Waals surface area (Å²) in [5.41, 5.74) is 2.10. The Morgan fingerprint density at radius 1 is 0.786 bits per heavy atom. The lowest BCUT2D eigenvalue weighted by atomic mass is 9.78.